The van der Waals surface area contributed by atoms with Crippen LogP contribution >= 0.6 is 0 Å². The molecule has 0 N–H and O–H groups in total. The van der Waals surface area contributed by atoms with Crippen LogP contribution < -0.4 is 4.90 Å². The van der Waals surface area contributed by atoms with Crippen molar-refractivity contribution in [3.63, 3.8) is 0 Å². The van der Waals surface area contributed by atoms with Crippen molar-refractivity contribution < 1.29 is 0 Å². The normalized spacial score (nSPS) is 20.6. The van der Waals surface area contributed by atoms with E-state index in [0.717, 1.165) is 25.9 Å². The third kappa shape index (κ3) is 2.04. The van der Waals surface area contributed by atoms with Gasteiger partial charge in [-0.1, -0.05) is 12.1 Å². The molecule has 2 heteroatoms. The van der Waals surface area contributed by atoms with Gasteiger partial charge in [0, 0.05) is 18.8 Å². The van der Waals surface area contributed by atoms with E-state index in [1.807, 2.05) is 0 Å². The summed E-state index contributed by atoms with van der Waals surface area (Å²) >= 11 is 0. The van der Waals surface area contributed by atoms with Gasteiger partial charge in [-0.3, -0.25) is 0 Å². The first-order chi connectivity index (χ1) is 7.72. The van der Waals surface area contributed by atoms with Crippen LogP contribution in [0.3, 0.4) is 0 Å². The monoisotopic (exact) mass is 214 g/mol. The first-order valence-electron chi connectivity index (χ1n) is 5.93. The van der Waals surface area contributed by atoms with E-state index in [1.165, 1.54) is 16.8 Å². The molecule has 0 aliphatic carbocycles. The Morgan fingerprint density at radius 1 is 1.38 bits per heavy atom. The molecule has 2 rings (SSSR count). The van der Waals surface area contributed by atoms with E-state index in [0.29, 0.717) is 0 Å². The van der Waals surface area contributed by atoms with Gasteiger partial charge in [0.1, 0.15) is 0 Å². The lowest BCUT2D eigenvalue weighted by Gasteiger charge is -2.33. The van der Waals surface area contributed by atoms with Crippen LogP contribution in [0.2, 0.25) is 0 Å². The van der Waals surface area contributed by atoms with Crippen LogP contribution in [0.25, 0.3) is 0 Å². The van der Waals surface area contributed by atoms with E-state index in [-0.39, 0.29) is 5.92 Å². The minimum atomic E-state index is 0.202. The van der Waals surface area contributed by atoms with Crippen molar-refractivity contribution in [2.45, 2.75) is 26.7 Å². The summed E-state index contributed by atoms with van der Waals surface area (Å²) in [5.74, 6) is 0.202. The van der Waals surface area contributed by atoms with Crippen LogP contribution in [0.1, 0.15) is 24.0 Å². The summed E-state index contributed by atoms with van der Waals surface area (Å²) in [6, 6.07) is 8.81. The first-order valence-corrected chi connectivity index (χ1v) is 5.93. The van der Waals surface area contributed by atoms with Crippen molar-refractivity contribution >= 4 is 5.69 Å². The van der Waals surface area contributed by atoms with Crippen molar-refractivity contribution in [3.8, 4) is 6.07 Å². The van der Waals surface area contributed by atoms with Gasteiger partial charge in [0.25, 0.3) is 0 Å². The number of anilines is 1. The van der Waals surface area contributed by atoms with Crippen LogP contribution in [0, 0.1) is 31.1 Å². The lowest BCUT2D eigenvalue weighted by Crippen LogP contribution is -2.35. The van der Waals surface area contributed by atoms with Crippen molar-refractivity contribution in [1.82, 2.24) is 0 Å². The molecule has 0 aromatic heterocycles. The van der Waals surface area contributed by atoms with Gasteiger partial charge in [0.05, 0.1) is 12.0 Å². The molecule has 1 heterocycles. The van der Waals surface area contributed by atoms with Crippen molar-refractivity contribution in [2.24, 2.45) is 5.92 Å². The maximum absolute atomic E-state index is 9.00. The number of nitriles is 1. The Morgan fingerprint density at radius 3 is 2.94 bits per heavy atom. The molecular formula is C14H18N2. The molecule has 16 heavy (non-hydrogen) atoms. The standard InChI is InChI=1S/C14H18N2/c1-11-5-3-7-14(12(11)2)16-8-4-6-13(9-15)10-16/h3,5,7,13H,4,6,8,10H2,1-2H3. The molecule has 2 nitrogen and oxygen atoms in total. The molecule has 0 radical (unpaired) electrons. The summed E-state index contributed by atoms with van der Waals surface area (Å²) < 4.78 is 0. The highest BCUT2D eigenvalue weighted by atomic mass is 15.1. The second-order valence-corrected chi connectivity index (χ2v) is 4.63. The fraction of sp³-hybridized carbons (Fsp3) is 0.500. The molecule has 1 unspecified atom stereocenters. The van der Waals surface area contributed by atoms with E-state index in [4.69, 9.17) is 5.26 Å². The van der Waals surface area contributed by atoms with E-state index < -0.39 is 0 Å². The van der Waals surface area contributed by atoms with Crippen LogP contribution in [-0.2, 0) is 0 Å². The number of hydrogen-bond acceptors (Lipinski definition) is 2. The molecule has 0 spiro atoms. The summed E-state index contributed by atoms with van der Waals surface area (Å²) in [4.78, 5) is 2.36. The van der Waals surface area contributed by atoms with Gasteiger partial charge < -0.3 is 4.90 Å². The minimum Gasteiger partial charge on any atom is -0.370 e. The Bertz CT molecular complexity index is 417. The molecule has 1 saturated heterocycles. The maximum atomic E-state index is 9.00. The van der Waals surface area contributed by atoms with E-state index in [9.17, 15) is 0 Å². The summed E-state index contributed by atoms with van der Waals surface area (Å²) in [7, 11) is 0. The number of nitrogens with zero attached hydrogens (tertiary/aromatic N) is 2. The third-order valence-corrected chi connectivity index (χ3v) is 3.52. The van der Waals surface area contributed by atoms with Gasteiger partial charge in [-0.15, -0.1) is 0 Å². The van der Waals surface area contributed by atoms with Gasteiger partial charge in [-0.25, -0.2) is 0 Å². The third-order valence-electron chi connectivity index (χ3n) is 3.52. The second kappa shape index (κ2) is 4.57. The first kappa shape index (κ1) is 11.0. The largest absolute Gasteiger partial charge is 0.370 e. The van der Waals surface area contributed by atoms with Crippen LogP contribution in [0.15, 0.2) is 18.2 Å². The Labute approximate surface area is 97.5 Å². The highest BCUT2D eigenvalue weighted by Crippen LogP contribution is 2.27. The van der Waals surface area contributed by atoms with Gasteiger partial charge in [-0.2, -0.15) is 5.26 Å². The number of rotatable bonds is 1. The second-order valence-electron chi connectivity index (χ2n) is 4.63. The highest BCUT2D eigenvalue weighted by Gasteiger charge is 2.20. The Hall–Kier alpha value is -1.49. The molecular weight excluding hydrogens is 196 g/mol. The van der Waals surface area contributed by atoms with Gasteiger partial charge in [-0.05, 0) is 43.9 Å². The highest BCUT2D eigenvalue weighted by molar-refractivity contribution is 5.56. The van der Waals surface area contributed by atoms with E-state index in [2.05, 4.69) is 43.0 Å². The lowest BCUT2D eigenvalue weighted by molar-refractivity contribution is 0.493. The fourth-order valence-electron chi connectivity index (χ4n) is 2.38. The van der Waals surface area contributed by atoms with Gasteiger partial charge in [0.15, 0.2) is 0 Å². The zero-order chi connectivity index (χ0) is 11.5. The molecule has 0 amide bonds. The molecule has 1 aliphatic heterocycles. The zero-order valence-corrected chi connectivity index (χ0v) is 10.0. The molecule has 1 aromatic carbocycles. The smallest absolute Gasteiger partial charge is 0.0674 e. The summed E-state index contributed by atoms with van der Waals surface area (Å²) in [6.45, 7) is 6.29. The van der Waals surface area contributed by atoms with E-state index in [1.54, 1.807) is 0 Å². The fourth-order valence-corrected chi connectivity index (χ4v) is 2.38. The lowest BCUT2D eigenvalue weighted by atomic mass is 9.97. The molecule has 1 aliphatic rings. The SMILES string of the molecule is Cc1cccc(N2CCCC(C#N)C2)c1C. The van der Waals surface area contributed by atoms with Crippen LogP contribution in [-0.4, -0.2) is 13.1 Å². The number of piperidine rings is 1. The van der Waals surface area contributed by atoms with Gasteiger partial charge in [0.2, 0.25) is 0 Å². The van der Waals surface area contributed by atoms with Crippen molar-refractivity contribution in [2.75, 3.05) is 18.0 Å². The summed E-state index contributed by atoms with van der Waals surface area (Å²) in [6.07, 6.45) is 2.18. The summed E-state index contributed by atoms with van der Waals surface area (Å²) in [5, 5.41) is 9.00. The Balaban J connectivity index is 2.24. The minimum absolute atomic E-state index is 0.202. The molecule has 1 aromatic rings. The predicted octanol–water partition coefficient (Wildman–Crippen LogP) is 3.04. The zero-order valence-electron chi connectivity index (χ0n) is 10.0. The average Bonchev–Trinajstić information content (AvgIpc) is 2.33. The molecule has 0 bridgehead atoms. The average molecular weight is 214 g/mol. The van der Waals surface area contributed by atoms with Crippen LogP contribution in [0.5, 0.6) is 0 Å². The molecule has 1 atom stereocenters. The van der Waals surface area contributed by atoms with Crippen molar-refractivity contribution in [3.05, 3.63) is 29.3 Å². The Kier molecular flexibility index (Phi) is 3.14. The molecule has 0 saturated carbocycles. The van der Waals surface area contributed by atoms with Crippen molar-refractivity contribution in [1.29, 1.82) is 5.26 Å². The maximum Gasteiger partial charge on any atom is 0.0674 e. The van der Waals surface area contributed by atoms with Gasteiger partial charge >= 0.3 is 0 Å². The quantitative estimate of drug-likeness (QED) is 0.718. The molecule has 1 fully saturated rings. The van der Waals surface area contributed by atoms with Crippen LogP contribution in [0.4, 0.5) is 5.69 Å². The number of hydrogen-bond donors (Lipinski definition) is 0. The predicted molar refractivity (Wildman–Crippen MR) is 66.5 cm³/mol. The Morgan fingerprint density at radius 2 is 2.19 bits per heavy atom. The number of aryl methyl sites for hydroxylation is 1. The summed E-state index contributed by atoms with van der Waals surface area (Å²) in [5.41, 5.74) is 3.98. The number of benzene rings is 1. The molecule has 84 valence electrons. The topological polar surface area (TPSA) is 27.0 Å². The van der Waals surface area contributed by atoms with E-state index >= 15 is 0 Å².